The molecule has 2 aromatic carbocycles. The van der Waals surface area contributed by atoms with Gasteiger partial charge in [-0.1, -0.05) is 24.3 Å². The molecule has 1 saturated heterocycles. The number of hydrogen-bond donors (Lipinski definition) is 1. The Morgan fingerprint density at radius 1 is 1.17 bits per heavy atom. The van der Waals surface area contributed by atoms with Crippen LogP contribution < -0.4 is 5.32 Å². The molecule has 1 N–H and O–H groups in total. The third-order valence-corrected chi connectivity index (χ3v) is 7.05. The molecule has 3 unspecified atom stereocenters. The first-order valence-electron chi connectivity index (χ1n) is 11.0. The Hall–Kier alpha value is -4.12. The van der Waals surface area contributed by atoms with E-state index in [4.69, 9.17) is 0 Å². The van der Waals surface area contributed by atoms with Crippen molar-refractivity contribution in [2.45, 2.75) is 17.6 Å². The molecular weight excluding hydrogens is 477 g/mol. The number of carbonyl (C=O) groups excluding carboxylic acids is 2. The van der Waals surface area contributed by atoms with Crippen LogP contribution in [0, 0.1) is 16.0 Å². The zero-order chi connectivity index (χ0) is 25.8. The summed E-state index contributed by atoms with van der Waals surface area (Å²) in [4.78, 5) is 44.0. The number of nitrogens with zero attached hydrogens (tertiary/aromatic N) is 3. The number of fused-ring (bicyclic) bond motifs is 2. The Morgan fingerprint density at radius 2 is 1.86 bits per heavy atom. The van der Waals surface area contributed by atoms with Gasteiger partial charge in [0, 0.05) is 48.1 Å². The molecule has 3 aromatic rings. The lowest BCUT2D eigenvalue weighted by atomic mass is 9.70. The van der Waals surface area contributed by atoms with E-state index < -0.39 is 45.7 Å². The molecule has 0 saturated carbocycles. The second-order valence-corrected chi connectivity index (χ2v) is 8.86. The molecule has 1 aromatic heterocycles. The third-order valence-electron chi connectivity index (χ3n) is 7.05. The molecule has 184 valence electrons. The molecule has 0 aliphatic carbocycles. The van der Waals surface area contributed by atoms with Gasteiger partial charge in [0.05, 0.1) is 22.1 Å². The number of nitro benzene ring substituents is 1. The molecule has 3 atom stereocenters. The number of halogens is 3. The fraction of sp³-hybridized carbons (Fsp3) is 0.240. The molecule has 8 nitrogen and oxygen atoms in total. The van der Waals surface area contributed by atoms with Crippen molar-refractivity contribution in [3.05, 3.63) is 99.4 Å². The van der Waals surface area contributed by atoms with Gasteiger partial charge in [-0.15, -0.1) is 0 Å². The fourth-order valence-corrected chi connectivity index (χ4v) is 5.57. The zero-order valence-electron chi connectivity index (χ0n) is 18.8. The van der Waals surface area contributed by atoms with E-state index in [-0.39, 0.29) is 29.0 Å². The van der Waals surface area contributed by atoms with Crippen molar-refractivity contribution in [3.63, 3.8) is 0 Å². The van der Waals surface area contributed by atoms with Gasteiger partial charge >= 0.3 is 6.18 Å². The number of pyridine rings is 1. The van der Waals surface area contributed by atoms with E-state index in [1.807, 2.05) is 0 Å². The SMILES string of the molecule is CN1CC(c2cccc([N+](=O)[O-])c2)C(C(=O)c2ccncc2)C12C(=O)Nc1c(C(F)(F)F)cccc12. The van der Waals surface area contributed by atoms with E-state index in [2.05, 4.69) is 10.3 Å². The van der Waals surface area contributed by atoms with Crippen molar-refractivity contribution < 1.29 is 27.7 Å². The molecule has 5 rings (SSSR count). The Bertz CT molecular complexity index is 1400. The van der Waals surface area contributed by atoms with Crippen LogP contribution in [-0.2, 0) is 16.5 Å². The fourth-order valence-electron chi connectivity index (χ4n) is 5.57. The lowest BCUT2D eigenvalue weighted by molar-refractivity contribution is -0.384. The smallest absolute Gasteiger partial charge is 0.323 e. The standard InChI is InChI=1S/C25H19F3N4O4/c1-31-13-17(15-4-2-5-16(12-15)32(35)36)20(22(33)14-8-10-29-11-9-14)24(31)18-6-3-7-19(25(26,27)28)21(18)30-23(24)34/h2-12,17,20H,13H2,1H3,(H,30,34). The van der Waals surface area contributed by atoms with Gasteiger partial charge in [0.2, 0.25) is 5.91 Å². The van der Waals surface area contributed by atoms with E-state index >= 15 is 0 Å². The van der Waals surface area contributed by atoms with Gasteiger partial charge in [0.25, 0.3) is 5.69 Å². The highest BCUT2D eigenvalue weighted by Crippen LogP contribution is 2.57. The van der Waals surface area contributed by atoms with Crippen LogP contribution in [0.5, 0.6) is 0 Å². The van der Waals surface area contributed by atoms with E-state index in [1.165, 1.54) is 54.9 Å². The van der Waals surface area contributed by atoms with Gasteiger partial charge < -0.3 is 5.32 Å². The number of likely N-dealkylation sites (tertiary alicyclic amines) is 1. The van der Waals surface area contributed by atoms with Crippen molar-refractivity contribution in [3.8, 4) is 0 Å². The molecule has 2 aliphatic heterocycles. The van der Waals surface area contributed by atoms with Crippen molar-refractivity contribution >= 4 is 23.1 Å². The monoisotopic (exact) mass is 496 g/mol. The van der Waals surface area contributed by atoms with Crippen LogP contribution in [0.3, 0.4) is 0 Å². The first-order valence-corrected chi connectivity index (χ1v) is 11.0. The number of para-hydroxylation sites is 1. The van der Waals surface area contributed by atoms with Crippen LogP contribution in [0.2, 0.25) is 0 Å². The Labute approximate surface area is 202 Å². The number of amides is 1. The van der Waals surface area contributed by atoms with Crippen LogP contribution in [0.15, 0.2) is 67.0 Å². The number of likely N-dealkylation sites (N-methyl/N-ethyl adjacent to an activating group) is 1. The predicted octanol–water partition coefficient (Wildman–Crippen LogP) is 4.38. The van der Waals surface area contributed by atoms with Gasteiger partial charge in [-0.2, -0.15) is 13.2 Å². The van der Waals surface area contributed by atoms with Crippen LogP contribution in [0.1, 0.15) is 33.0 Å². The highest BCUT2D eigenvalue weighted by Gasteiger charge is 2.65. The van der Waals surface area contributed by atoms with Crippen LogP contribution in [0.25, 0.3) is 0 Å². The van der Waals surface area contributed by atoms with Crippen LogP contribution in [0.4, 0.5) is 24.5 Å². The van der Waals surface area contributed by atoms with E-state index in [9.17, 15) is 32.9 Å². The molecule has 2 aliphatic rings. The highest BCUT2D eigenvalue weighted by atomic mass is 19.4. The lowest BCUT2D eigenvalue weighted by Gasteiger charge is -2.35. The molecule has 0 radical (unpaired) electrons. The predicted molar refractivity (Wildman–Crippen MR) is 122 cm³/mol. The molecule has 1 spiro atoms. The summed E-state index contributed by atoms with van der Waals surface area (Å²) in [7, 11) is 1.57. The number of carbonyl (C=O) groups is 2. The summed E-state index contributed by atoms with van der Waals surface area (Å²) in [5, 5.41) is 13.8. The number of nitro groups is 1. The first-order chi connectivity index (χ1) is 17.1. The minimum Gasteiger partial charge on any atom is -0.323 e. The summed E-state index contributed by atoms with van der Waals surface area (Å²) in [6.07, 6.45) is -1.91. The topological polar surface area (TPSA) is 105 Å². The average Bonchev–Trinajstić information content (AvgIpc) is 3.33. The Balaban J connectivity index is 1.76. The zero-order valence-corrected chi connectivity index (χ0v) is 18.8. The number of benzene rings is 2. The number of rotatable bonds is 4. The number of non-ortho nitro benzene ring substituents is 1. The Kier molecular flexibility index (Phi) is 5.40. The van der Waals surface area contributed by atoms with Gasteiger partial charge in [-0.25, -0.2) is 0 Å². The summed E-state index contributed by atoms with van der Waals surface area (Å²) >= 11 is 0. The highest BCUT2D eigenvalue weighted by molar-refractivity contribution is 6.12. The number of aromatic nitrogens is 1. The number of hydrogen-bond acceptors (Lipinski definition) is 6. The second-order valence-electron chi connectivity index (χ2n) is 8.86. The van der Waals surface area contributed by atoms with Crippen molar-refractivity contribution in [1.82, 2.24) is 9.88 Å². The first kappa shape index (κ1) is 23.6. The van der Waals surface area contributed by atoms with Gasteiger partial charge in [0.1, 0.15) is 5.54 Å². The number of ketones is 1. The number of alkyl halides is 3. The van der Waals surface area contributed by atoms with Crippen molar-refractivity contribution in [2.24, 2.45) is 5.92 Å². The van der Waals surface area contributed by atoms with Crippen LogP contribution in [-0.4, -0.2) is 40.1 Å². The van der Waals surface area contributed by atoms with Gasteiger partial charge in [-0.3, -0.25) is 29.6 Å². The maximum Gasteiger partial charge on any atom is 0.418 e. The number of anilines is 1. The maximum atomic E-state index is 14.0. The minimum atomic E-state index is -4.73. The lowest BCUT2D eigenvalue weighted by Crippen LogP contribution is -2.51. The quantitative estimate of drug-likeness (QED) is 0.327. The van der Waals surface area contributed by atoms with E-state index in [1.54, 1.807) is 18.0 Å². The van der Waals surface area contributed by atoms with Gasteiger partial charge in [0.15, 0.2) is 5.78 Å². The van der Waals surface area contributed by atoms with Crippen molar-refractivity contribution in [2.75, 3.05) is 18.9 Å². The largest absolute Gasteiger partial charge is 0.418 e. The number of Topliss-reactive ketones (excluding diaryl/α,β-unsaturated/α-hetero) is 1. The maximum absolute atomic E-state index is 14.0. The molecule has 1 fully saturated rings. The third kappa shape index (κ3) is 3.38. The molecule has 1 amide bonds. The summed E-state index contributed by atoms with van der Waals surface area (Å²) in [5.41, 5.74) is -2.62. The normalized spacial score (nSPS) is 23.5. The summed E-state index contributed by atoms with van der Waals surface area (Å²) in [5.74, 6) is -3.12. The molecule has 36 heavy (non-hydrogen) atoms. The average molecular weight is 496 g/mol. The van der Waals surface area contributed by atoms with E-state index in [0.29, 0.717) is 5.56 Å². The molecule has 11 heteroatoms. The molecule has 0 bridgehead atoms. The second kappa shape index (κ2) is 8.23. The summed E-state index contributed by atoms with van der Waals surface area (Å²) in [6.45, 7) is 0.103. The minimum absolute atomic E-state index is 0.0464. The van der Waals surface area contributed by atoms with Crippen LogP contribution >= 0.6 is 0 Å². The van der Waals surface area contributed by atoms with Gasteiger partial charge in [-0.05, 0) is 30.8 Å². The number of nitrogens with one attached hydrogen (secondary N) is 1. The summed E-state index contributed by atoms with van der Waals surface area (Å²) < 4.78 is 41.5. The molecular formula is C25H19F3N4O4. The molecule has 3 heterocycles. The summed E-state index contributed by atoms with van der Waals surface area (Å²) in [6, 6.07) is 12.2. The van der Waals surface area contributed by atoms with E-state index in [0.717, 1.165) is 6.07 Å². The Morgan fingerprint density at radius 3 is 2.53 bits per heavy atom. The van der Waals surface area contributed by atoms with Crippen molar-refractivity contribution in [1.29, 1.82) is 0 Å².